The topological polar surface area (TPSA) is 57.3 Å². The number of rotatable bonds is 26. The maximum atomic E-state index is 6.01. The van der Waals surface area contributed by atoms with E-state index in [-0.39, 0.29) is 17.7 Å². The summed E-state index contributed by atoms with van der Waals surface area (Å²) in [7, 11) is 0. The lowest BCUT2D eigenvalue weighted by Crippen LogP contribution is -2.47. The fraction of sp³-hybridized carbons (Fsp3) is 0.696. The zero-order valence-electron chi connectivity index (χ0n) is 35.4. The fourth-order valence-electron chi connectivity index (χ4n) is 6.91. The molecule has 0 heterocycles. The molecule has 0 amide bonds. The predicted molar refractivity (Wildman–Crippen MR) is 226 cm³/mol. The Morgan fingerprint density at radius 1 is 0.745 bits per heavy atom. The number of ether oxygens (including phenoxy) is 1. The molecule has 0 aromatic heterocycles. The van der Waals surface area contributed by atoms with Crippen molar-refractivity contribution in [1.82, 2.24) is 21.3 Å². The first-order chi connectivity index (χ1) is 23.8. The average Bonchev–Trinajstić information content (AvgIpc) is 3.00. The van der Waals surface area contributed by atoms with Gasteiger partial charge in [-0.15, -0.1) is 0 Å². The van der Waals surface area contributed by atoms with E-state index in [0.717, 1.165) is 62.8 Å². The van der Waals surface area contributed by atoms with E-state index in [0.29, 0.717) is 47.6 Å². The highest BCUT2D eigenvalue weighted by Gasteiger charge is 2.27. The number of allylic oxidation sites excluding steroid dienone is 7. The van der Waals surface area contributed by atoms with Gasteiger partial charge in [0, 0.05) is 29.2 Å². The molecule has 4 unspecified atom stereocenters. The molecular weight excluding hydrogens is 625 g/mol. The van der Waals surface area contributed by atoms with Gasteiger partial charge in [0.05, 0.1) is 12.1 Å². The van der Waals surface area contributed by atoms with E-state index < -0.39 is 0 Å². The SMILES string of the molecule is C=C(NC(C(=C)NC(CCCC)C(=C)N[C@@H](CC(C)C)C(C)CC(C)C(=C)N[C@H](CCC/C1=C/C/C=C\C=C/C1)C(C)C)C(C)C)OC(C)(C)C. The molecule has 51 heavy (non-hydrogen) atoms. The summed E-state index contributed by atoms with van der Waals surface area (Å²) in [5.74, 6) is 2.80. The number of nitrogens with one attached hydrogen (secondary N) is 4. The lowest BCUT2D eigenvalue weighted by atomic mass is 9.85. The first-order valence-electron chi connectivity index (χ1n) is 20.3. The van der Waals surface area contributed by atoms with Gasteiger partial charge in [0.2, 0.25) is 0 Å². The van der Waals surface area contributed by atoms with E-state index in [1.807, 2.05) is 20.8 Å². The van der Waals surface area contributed by atoms with Gasteiger partial charge in [0.1, 0.15) is 5.60 Å². The van der Waals surface area contributed by atoms with E-state index >= 15 is 0 Å². The Labute approximate surface area is 317 Å². The zero-order valence-corrected chi connectivity index (χ0v) is 35.4. The van der Waals surface area contributed by atoms with Gasteiger partial charge in [-0.3, -0.25) is 0 Å². The van der Waals surface area contributed by atoms with Crippen molar-refractivity contribution in [3.63, 3.8) is 0 Å². The summed E-state index contributed by atoms with van der Waals surface area (Å²) < 4.78 is 6.01. The summed E-state index contributed by atoms with van der Waals surface area (Å²) in [5, 5.41) is 15.1. The Morgan fingerprint density at radius 2 is 1.39 bits per heavy atom. The highest BCUT2D eigenvalue weighted by atomic mass is 16.5. The number of hydrogen-bond acceptors (Lipinski definition) is 5. The van der Waals surface area contributed by atoms with Crippen molar-refractivity contribution in [3.8, 4) is 0 Å². The summed E-state index contributed by atoms with van der Waals surface area (Å²) in [5.41, 5.74) is 4.40. The van der Waals surface area contributed by atoms with Crippen molar-refractivity contribution in [3.05, 3.63) is 85.2 Å². The largest absolute Gasteiger partial charge is 0.474 e. The summed E-state index contributed by atoms with van der Waals surface area (Å²) in [6.45, 7) is 44.7. The smallest absolute Gasteiger partial charge is 0.180 e. The minimum atomic E-state index is -0.317. The van der Waals surface area contributed by atoms with Crippen LogP contribution < -0.4 is 21.3 Å². The van der Waals surface area contributed by atoms with Crippen molar-refractivity contribution in [2.24, 2.45) is 29.6 Å². The maximum absolute atomic E-state index is 6.01. The molecule has 0 aromatic rings. The quantitative estimate of drug-likeness (QED) is 0.0533. The monoisotopic (exact) mass is 707 g/mol. The Kier molecular flexibility index (Phi) is 21.5. The molecule has 1 rings (SSSR count). The molecule has 4 N–H and O–H groups in total. The van der Waals surface area contributed by atoms with Crippen LogP contribution in [0.2, 0.25) is 0 Å². The average molecular weight is 707 g/mol. The Morgan fingerprint density at radius 3 is 1.98 bits per heavy atom. The van der Waals surface area contributed by atoms with Crippen LogP contribution in [0.3, 0.4) is 0 Å². The molecule has 0 aromatic carbocycles. The van der Waals surface area contributed by atoms with E-state index in [9.17, 15) is 0 Å². The number of hydrogen-bond donors (Lipinski definition) is 4. The van der Waals surface area contributed by atoms with Gasteiger partial charge >= 0.3 is 0 Å². The second kappa shape index (κ2) is 23.7. The molecule has 6 atom stereocenters. The highest BCUT2D eigenvalue weighted by Crippen LogP contribution is 2.27. The van der Waals surface area contributed by atoms with Crippen LogP contribution in [0.15, 0.2) is 85.2 Å². The number of unbranched alkanes of at least 4 members (excludes halogenated alkanes) is 1. The van der Waals surface area contributed by atoms with Gasteiger partial charge in [-0.2, -0.15) is 0 Å². The van der Waals surface area contributed by atoms with Crippen molar-refractivity contribution in [2.75, 3.05) is 0 Å². The molecule has 0 saturated carbocycles. The molecule has 0 saturated heterocycles. The highest BCUT2D eigenvalue weighted by molar-refractivity contribution is 5.17. The molecule has 0 spiro atoms. The van der Waals surface area contributed by atoms with Crippen molar-refractivity contribution >= 4 is 0 Å². The lowest BCUT2D eigenvalue weighted by Gasteiger charge is -2.36. The van der Waals surface area contributed by atoms with Crippen LogP contribution in [0.5, 0.6) is 0 Å². The molecule has 1 aliphatic carbocycles. The fourth-order valence-corrected chi connectivity index (χ4v) is 6.91. The summed E-state index contributed by atoms with van der Waals surface area (Å²) in [6, 6.07) is 0.798. The first-order valence-corrected chi connectivity index (χ1v) is 20.3. The van der Waals surface area contributed by atoms with Crippen LogP contribution in [-0.4, -0.2) is 29.8 Å². The molecule has 5 nitrogen and oxygen atoms in total. The van der Waals surface area contributed by atoms with Crippen LogP contribution in [-0.2, 0) is 4.74 Å². The van der Waals surface area contributed by atoms with Crippen LogP contribution in [0.4, 0.5) is 0 Å². The predicted octanol–water partition coefficient (Wildman–Crippen LogP) is 11.9. The Bertz CT molecular complexity index is 1150. The Hall–Kier alpha value is -2.82. The van der Waals surface area contributed by atoms with E-state index in [4.69, 9.17) is 4.74 Å². The lowest BCUT2D eigenvalue weighted by molar-refractivity contribution is 0.0377. The third kappa shape index (κ3) is 19.6. The van der Waals surface area contributed by atoms with Crippen molar-refractivity contribution in [1.29, 1.82) is 0 Å². The minimum absolute atomic E-state index is 0.0238. The van der Waals surface area contributed by atoms with Crippen molar-refractivity contribution in [2.45, 2.75) is 177 Å². The third-order valence-electron chi connectivity index (χ3n) is 10.0. The molecule has 0 aliphatic heterocycles. The second-order valence-electron chi connectivity index (χ2n) is 17.5. The van der Waals surface area contributed by atoms with Gasteiger partial charge in [-0.25, -0.2) is 0 Å². The van der Waals surface area contributed by atoms with E-state index in [1.165, 1.54) is 18.5 Å². The van der Waals surface area contributed by atoms with Gasteiger partial charge in [-0.1, -0.05) is 131 Å². The molecule has 0 bridgehead atoms. The summed E-state index contributed by atoms with van der Waals surface area (Å²) in [6.07, 6.45) is 22.3. The molecule has 0 fully saturated rings. The van der Waals surface area contributed by atoms with Gasteiger partial charge in [0.25, 0.3) is 0 Å². The van der Waals surface area contributed by atoms with E-state index in [1.54, 1.807) is 5.57 Å². The summed E-state index contributed by atoms with van der Waals surface area (Å²) in [4.78, 5) is 0. The zero-order chi connectivity index (χ0) is 38.7. The van der Waals surface area contributed by atoms with Gasteiger partial charge < -0.3 is 26.0 Å². The van der Waals surface area contributed by atoms with Crippen molar-refractivity contribution < 1.29 is 4.74 Å². The van der Waals surface area contributed by atoms with Gasteiger partial charge in [-0.05, 0) is 108 Å². The normalized spacial score (nSPS) is 19.3. The third-order valence-corrected chi connectivity index (χ3v) is 10.0. The van der Waals surface area contributed by atoms with Crippen LogP contribution >= 0.6 is 0 Å². The van der Waals surface area contributed by atoms with Gasteiger partial charge in [0.15, 0.2) is 5.88 Å². The standard InChI is InChI=1S/C46H82N4O/c1-17-18-28-43(49-39(12)45(34(6)7)50-40(13)51-46(14,15)16)38(11)48-44(30-32(2)3)36(9)31-35(8)37(10)47-42(33(4)5)29-24-27-41-25-22-20-19-21-23-26-41/h19-22,26,32-36,42-45,47-50H,10-13,17-18,23-25,27-31H2,1-9,14-16H3/b21-19-,22-20-,41-26+/t35?,36?,42-,43?,44+,45?/m1/s1. The van der Waals surface area contributed by atoms with E-state index in [2.05, 4.69) is 140 Å². The maximum Gasteiger partial charge on any atom is 0.180 e. The van der Waals surface area contributed by atoms with Crippen LogP contribution in [0, 0.1) is 29.6 Å². The molecule has 0 radical (unpaired) electrons. The molecular formula is C46H82N4O. The minimum Gasteiger partial charge on any atom is -0.474 e. The van der Waals surface area contributed by atoms with Crippen LogP contribution in [0.1, 0.15) is 147 Å². The molecule has 292 valence electrons. The van der Waals surface area contributed by atoms with Crippen LogP contribution in [0.25, 0.3) is 0 Å². The molecule has 5 heteroatoms. The first kappa shape index (κ1) is 46.2. The second-order valence-corrected chi connectivity index (χ2v) is 17.5. The summed E-state index contributed by atoms with van der Waals surface area (Å²) >= 11 is 0. The molecule has 1 aliphatic rings. The Balaban J connectivity index is 2.94.